The van der Waals surface area contributed by atoms with Gasteiger partial charge in [0, 0.05) is 43.3 Å². The fourth-order valence-electron chi connectivity index (χ4n) is 4.73. The van der Waals surface area contributed by atoms with Crippen molar-refractivity contribution in [2.24, 2.45) is 5.73 Å². The quantitative estimate of drug-likeness (QED) is 0.615. The number of primary amides is 1. The first kappa shape index (κ1) is 21.0. The van der Waals surface area contributed by atoms with Gasteiger partial charge in [0.1, 0.15) is 12.4 Å². The third kappa shape index (κ3) is 3.98. The van der Waals surface area contributed by atoms with Crippen molar-refractivity contribution in [1.82, 2.24) is 4.90 Å². The second-order valence-electron chi connectivity index (χ2n) is 8.49. The molecule has 5 rings (SSSR count). The molecule has 1 fully saturated rings. The molecule has 3 aromatic rings. The number of hydrogen-bond acceptors (Lipinski definition) is 5. The van der Waals surface area contributed by atoms with Crippen LogP contribution in [0.2, 0.25) is 0 Å². The van der Waals surface area contributed by atoms with Crippen LogP contribution in [0.3, 0.4) is 0 Å². The Balaban J connectivity index is 1.26. The Morgan fingerprint density at radius 1 is 1.25 bits per heavy atom. The van der Waals surface area contributed by atoms with Gasteiger partial charge in [-0.3, -0.25) is 9.69 Å². The lowest BCUT2D eigenvalue weighted by molar-refractivity contribution is 0.100. The van der Waals surface area contributed by atoms with Crippen molar-refractivity contribution in [2.45, 2.75) is 26.0 Å². The van der Waals surface area contributed by atoms with Gasteiger partial charge in [-0.15, -0.1) is 11.3 Å². The first-order chi connectivity index (χ1) is 15.5. The third-order valence-corrected chi connectivity index (χ3v) is 7.55. The normalized spacial score (nSPS) is 18.9. The van der Waals surface area contributed by atoms with Crippen LogP contribution in [0.1, 0.15) is 33.5 Å². The molecule has 1 amide bonds. The van der Waals surface area contributed by atoms with E-state index < -0.39 is 0 Å². The molecule has 1 aromatic heterocycles. The summed E-state index contributed by atoms with van der Waals surface area (Å²) in [7, 11) is 0. The number of amides is 1. The van der Waals surface area contributed by atoms with E-state index in [1.807, 2.05) is 30.5 Å². The number of rotatable bonds is 5. The van der Waals surface area contributed by atoms with Crippen molar-refractivity contribution >= 4 is 39.3 Å². The van der Waals surface area contributed by atoms with Gasteiger partial charge in [-0.1, -0.05) is 12.1 Å². The zero-order valence-corrected chi connectivity index (χ0v) is 18.8. The molecule has 2 N–H and O–H groups in total. The summed E-state index contributed by atoms with van der Waals surface area (Å²) in [6.07, 6.45) is 2.69. The van der Waals surface area contributed by atoms with Gasteiger partial charge < -0.3 is 15.4 Å². The number of nitrogens with two attached hydrogens (primary N) is 1. The number of piperazine rings is 1. The highest BCUT2D eigenvalue weighted by Crippen LogP contribution is 2.35. The maximum atomic E-state index is 13.6. The Hall–Kier alpha value is -2.90. The first-order valence-corrected chi connectivity index (χ1v) is 11.7. The standard InChI is InChI=1S/C25H26FN3O2S/c1-16-13-29(22-4-2-3-17-11-19(26)5-6-20(17)22)10-9-28(16)8-7-18-14-31-15-24-21(18)12-23(32-24)25(27)30/h2-6,11-12,14,16H,7-10,13,15H2,1H3,(H2,27,30). The molecule has 0 spiro atoms. The predicted octanol–water partition coefficient (Wildman–Crippen LogP) is 4.61. The Labute approximate surface area is 190 Å². The van der Waals surface area contributed by atoms with Gasteiger partial charge in [-0.2, -0.15) is 0 Å². The van der Waals surface area contributed by atoms with Gasteiger partial charge in [0.2, 0.25) is 0 Å². The molecular formula is C25H26FN3O2S. The highest BCUT2D eigenvalue weighted by atomic mass is 32.1. The smallest absolute Gasteiger partial charge is 0.258 e. The number of fused-ring (bicyclic) bond motifs is 2. The molecule has 7 heteroatoms. The fraction of sp³-hybridized carbons (Fsp3) is 0.320. The second-order valence-corrected chi connectivity index (χ2v) is 9.63. The lowest BCUT2D eigenvalue weighted by atomic mass is 10.0. The minimum absolute atomic E-state index is 0.203. The topological polar surface area (TPSA) is 58.8 Å². The fourth-order valence-corrected chi connectivity index (χ4v) is 5.70. The molecule has 2 aromatic carbocycles. The molecule has 1 atom stereocenters. The number of carbonyl (C=O) groups excluding carboxylic acids is 1. The highest BCUT2D eigenvalue weighted by Gasteiger charge is 2.26. The zero-order valence-electron chi connectivity index (χ0n) is 18.0. The lowest BCUT2D eigenvalue weighted by Gasteiger charge is -2.41. The molecule has 0 saturated carbocycles. The van der Waals surface area contributed by atoms with Gasteiger partial charge in [-0.25, -0.2) is 4.39 Å². The monoisotopic (exact) mass is 451 g/mol. The molecule has 2 aliphatic heterocycles. The summed E-state index contributed by atoms with van der Waals surface area (Å²) < 4.78 is 19.3. The number of thiophene rings is 1. The summed E-state index contributed by atoms with van der Waals surface area (Å²) in [5.41, 5.74) is 8.86. The summed E-state index contributed by atoms with van der Waals surface area (Å²) in [5.74, 6) is -0.588. The van der Waals surface area contributed by atoms with Crippen molar-refractivity contribution in [2.75, 3.05) is 31.1 Å². The van der Waals surface area contributed by atoms with Gasteiger partial charge in [0.25, 0.3) is 5.91 Å². The summed E-state index contributed by atoms with van der Waals surface area (Å²) in [6, 6.07) is 13.4. The molecule has 0 radical (unpaired) electrons. The Morgan fingerprint density at radius 2 is 2.12 bits per heavy atom. The van der Waals surface area contributed by atoms with Crippen LogP contribution in [-0.2, 0) is 11.3 Å². The molecule has 32 heavy (non-hydrogen) atoms. The van der Waals surface area contributed by atoms with Crippen LogP contribution in [0.25, 0.3) is 16.3 Å². The summed E-state index contributed by atoms with van der Waals surface area (Å²) >= 11 is 1.42. The maximum Gasteiger partial charge on any atom is 0.258 e. The summed E-state index contributed by atoms with van der Waals surface area (Å²) in [5, 5.41) is 2.03. The van der Waals surface area contributed by atoms with Crippen molar-refractivity contribution in [3.63, 3.8) is 0 Å². The molecule has 1 unspecified atom stereocenters. The number of halogens is 1. The molecular weight excluding hydrogens is 425 g/mol. The van der Waals surface area contributed by atoms with Crippen molar-refractivity contribution in [3.8, 4) is 0 Å². The summed E-state index contributed by atoms with van der Waals surface area (Å²) in [4.78, 5) is 18.1. The van der Waals surface area contributed by atoms with E-state index >= 15 is 0 Å². The molecule has 5 nitrogen and oxygen atoms in total. The number of anilines is 1. The molecule has 3 heterocycles. The number of benzene rings is 2. The maximum absolute atomic E-state index is 13.6. The van der Waals surface area contributed by atoms with E-state index in [9.17, 15) is 9.18 Å². The van der Waals surface area contributed by atoms with E-state index in [1.54, 1.807) is 6.07 Å². The first-order valence-electron chi connectivity index (χ1n) is 10.9. The van der Waals surface area contributed by atoms with E-state index in [4.69, 9.17) is 10.5 Å². The van der Waals surface area contributed by atoms with Crippen molar-refractivity contribution in [1.29, 1.82) is 0 Å². The van der Waals surface area contributed by atoms with Crippen LogP contribution in [0.5, 0.6) is 0 Å². The molecule has 0 bridgehead atoms. The molecule has 2 aliphatic rings. The van der Waals surface area contributed by atoms with Gasteiger partial charge in [-0.05, 0) is 60.2 Å². The lowest BCUT2D eigenvalue weighted by Crippen LogP contribution is -2.52. The third-order valence-electron chi connectivity index (χ3n) is 6.43. The van der Waals surface area contributed by atoms with E-state index in [1.165, 1.54) is 23.1 Å². The van der Waals surface area contributed by atoms with Crippen LogP contribution in [0.4, 0.5) is 10.1 Å². The Morgan fingerprint density at radius 3 is 2.94 bits per heavy atom. The van der Waals surface area contributed by atoms with Crippen LogP contribution in [0.15, 0.2) is 48.7 Å². The van der Waals surface area contributed by atoms with E-state index in [-0.39, 0.29) is 11.7 Å². The minimum Gasteiger partial charge on any atom is -0.495 e. The zero-order chi connectivity index (χ0) is 22.2. The predicted molar refractivity (Wildman–Crippen MR) is 127 cm³/mol. The Kier molecular flexibility index (Phi) is 5.61. The SMILES string of the molecule is CC1CN(c2cccc3cc(F)ccc23)CCN1CCC1=COCc2sc(C(N)=O)cc21. The van der Waals surface area contributed by atoms with Crippen LogP contribution < -0.4 is 10.6 Å². The largest absolute Gasteiger partial charge is 0.495 e. The van der Waals surface area contributed by atoms with Crippen molar-refractivity contribution < 1.29 is 13.9 Å². The molecule has 1 saturated heterocycles. The number of carbonyl (C=O) groups is 1. The van der Waals surface area contributed by atoms with Crippen molar-refractivity contribution in [3.05, 3.63) is 69.9 Å². The number of ether oxygens (including phenoxy) is 1. The van der Waals surface area contributed by atoms with Crippen LogP contribution >= 0.6 is 11.3 Å². The van der Waals surface area contributed by atoms with Gasteiger partial charge in [0.05, 0.1) is 16.0 Å². The van der Waals surface area contributed by atoms with E-state index in [2.05, 4.69) is 22.8 Å². The van der Waals surface area contributed by atoms with Crippen LogP contribution in [0, 0.1) is 5.82 Å². The van der Waals surface area contributed by atoms with Gasteiger partial charge in [0.15, 0.2) is 0 Å². The Bertz CT molecular complexity index is 1210. The average Bonchev–Trinajstić information content (AvgIpc) is 3.23. The minimum atomic E-state index is -0.385. The summed E-state index contributed by atoms with van der Waals surface area (Å²) in [6.45, 7) is 6.47. The average molecular weight is 452 g/mol. The number of hydrogen-bond donors (Lipinski definition) is 1. The van der Waals surface area contributed by atoms with Gasteiger partial charge >= 0.3 is 0 Å². The van der Waals surface area contributed by atoms with Crippen LogP contribution in [-0.4, -0.2) is 43.0 Å². The number of nitrogens with zero attached hydrogens (tertiary/aromatic N) is 2. The highest BCUT2D eigenvalue weighted by molar-refractivity contribution is 7.14. The van der Waals surface area contributed by atoms with E-state index in [0.717, 1.165) is 59.4 Å². The second kappa shape index (κ2) is 8.56. The molecule has 166 valence electrons. The molecule has 0 aliphatic carbocycles. The van der Waals surface area contributed by atoms with E-state index in [0.29, 0.717) is 17.5 Å².